The van der Waals surface area contributed by atoms with Crippen LogP contribution in [0.4, 0.5) is 0 Å². The smallest absolute Gasteiger partial charge is 0.270 e. The van der Waals surface area contributed by atoms with Crippen molar-refractivity contribution in [3.63, 3.8) is 0 Å². The Morgan fingerprint density at radius 1 is 1.09 bits per heavy atom. The van der Waals surface area contributed by atoms with Crippen LogP contribution in [0.1, 0.15) is 54.3 Å². The molecule has 0 bridgehead atoms. The fourth-order valence-corrected chi connectivity index (χ4v) is 4.31. The van der Waals surface area contributed by atoms with E-state index in [0.29, 0.717) is 18.7 Å². The number of hydrogen-bond acceptors (Lipinski definition) is 6. The SMILES string of the molecule is NC(=O)CCCCCC(CNC(=O)c1cscn1)c1ncc(-c2ccc3ccncc3c2)[nH]1. The Morgan fingerprint density at radius 3 is 2.82 bits per heavy atom. The van der Waals surface area contributed by atoms with Crippen LogP contribution in [-0.2, 0) is 4.79 Å². The lowest BCUT2D eigenvalue weighted by Crippen LogP contribution is -2.29. The highest BCUT2D eigenvalue weighted by Gasteiger charge is 2.18. The lowest BCUT2D eigenvalue weighted by atomic mass is 9.99. The van der Waals surface area contributed by atoms with Gasteiger partial charge in [-0.15, -0.1) is 11.3 Å². The third-order valence-corrected chi connectivity index (χ3v) is 6.17. The van der Waals surface area contributed by atoms with Crippen molar-refractivity contribution in [3.05, 3.63) is 65.3 Å². The Labute approximate surface area is 195 Å². The van der Waals surface area contributed by atoms with Crippen LogP contribution in [0.15, 0.2) is 53.7 Å². The number of aromatic nitrogens is 4. The molecule has 8 nitrogen and oxygen atoms in total. The first-order valence-corrected chi connectivity index (χ1v) is 11.9. The van der Waals surface area contributed by atoms with E-state index in [1.807, 2.05) is 18.5 Å². The van der Waals surface area contributed by atoms with Crippen molar-refractivity contribution in [1.82, 2.24) is 25.3 Å². The lowest BCUT2D eigenvalue weighted by Gasteiger charge is -2.15. The molecule has 0 aliphatic carbocycles. The van der Waals surface area contributed by atoms with Gasteiger partial charge in [-0.05, 0) is 30.4 Å². The molecule has 0 spiro atoms. The first-order chi connectivity index (χ1) is 16.1. The minimum atomic E-state index is -0.275. The van der Waals surface area contributed by atoms with Gasteiger partial charge in [-0.1, -0.05) is 25.0 Å². The van der Waals surface area contributed by atoms with Crippen molar-refractivity contribution in [2.45, 2.75) is 38.0 Å². The quantitative estimate of drug-likeness (QED) is 0.290. The third kappa shape index (κ3) is 6.01. The van der Waals surface area contributed by atoms with E-state index in [9.17, 15) is 9.59 Å². The number of imidazole rings is 1. The summed E-state index contributed by atoms with van der Waals surface area (Å²) in [6.45, 7) is 0.445. The number of pyridine rings is 1. The van der Waals surface area contributed by atoms with E-state index in [1.165, 1.54) is 11.3 Å². The molecule has 0 saturated carbocycles. The fourth-order valence-electron chi connectivity index (χ4n) is 3.78. The molecule has 3 heterocycles. The number of fused-ring (bicyclic) bond motifs is 1. The van der Waals surface area contributed by atoms with E-state index in [2.05, 4.69) is 43.5 Å². The summed E-state index contributed by atoms with van der Waals surface area (Å²) >= 11 is 1.39. The van der Waals surface area contributed by atoms with Crippen molar-refractivity contribution in [3.8, 4) is 11.3 Å². The zero-order valence-corrected chi connectivity index (χ0v) is 19.0. The van der Waals surface area contributed by atoms with Crippen LogP contribution in [0.2, 0.25) is 0 Å². The van der Waals surface area contributed by atoms with Crippen LogP contribution in [0.25, 0.3) is 22.0 Å². The predicted octanol–water partition coefficient (Wildman–Crippen LogP) is 4.03. The van der Waals surface area contributed by atoms with E-state index in [0.717, 1.165) is 53.5 Å². The van der Waals surface area contributed by atoms with E-state index < -0.39 is 0 Å². The molecule has 1 atom stereocenters. The van der Waals surface area contributed by atoms with Crippen LogP contribution in [0.3, 0.4) is 0 Å². The summed E-state index contributed by atoms with van der Waals surface area (Å²) < 4.78 is 0. The van der Waals surface area contributed by atoms with Crippen molar-refractivity contribution >= 4 is 33.9 Å². The summed E-state index contributed by atoms with van der Waals surface area (Å²) in [5.41, 5.74) is 9.24. The molecule has 0 radical (unpaired) electrons. The van der Waals surface area contributed by atoms with Gasteiger partial charge in [-0.2, -0.15) is 0 Å². The normalized spacial score (nSPS) is 12.0. The average Bonchev–Trinajstić information content (AvgIpc) is 3.53. The first-order valence-electron chi connectivity index (χ1n) is 10.9. The molecular weight excluding hydrogens is 436 g/mol. The Morgan fingerprint density at radius 2 is 2.00 bits per heavy atom. The second kappa shape index (κ2) is 10.8. The standard InChI is InChI=1S/C24H26N6O2S/c25-22(31)5-3-1-2-4-18(12-28-24(32)21-14-33-15-29-21)23-27-13-20(30-23)17-7-6-16-8-9-26-11-19(16)10-17/h6-11,13-15,18H,1-5,12H2,(H2,25,31)(H,27,30)(H,28,32). The maximum Gasteiger partial charge on any atom is 0.270 e. The summed E-state index contributed by atoms with van der Waals surface area (Å²) in [4.78, 5) is 39.7. The molecule has 1 aromatic carbocycles. The summed E-state index contributed by atoms with van der Waals surface area (Å²) in [5.74, 6) is 0.369. The van der Waals surface area contributed by atoms with Gasteiger partial charge in [-0.25, -0.2) is 9.97 Å². The van der Waals surface area contributed by atoms with Gasteiger partial charge in [0.25, 0.3) is 5.91 Å². The van der Waals surface area contributed by atoms with Gasteiger partial charge in [0.2, 0.25) is 5.91 Å². The highest BCUT2D eigenvalue weighted by Crippen LogP contribution is 2.26. The number of carbonyl (C=O) groups excluding carboxylic acids is 2. The molecule has 0 saturated heterocycles. The van der Waals surface area contributed by atoms with Crippen LogP contribution in [-0.4, -0.2) is 38.3 Å². The second-order valence-corrected chi connectivity index (χ2v) is 8.68. The molecule has 0 fully saturated rings. The van der Waals surface area contributed by atoms with Crippen LogP contribution >= 0.6 is 11.3 Å². The van der Waals surface area contributed by atoms with Gasteiger partial charge >= 0.3 is 0 Å². The molecule has 170 valence electrons. The summed E-state index contributed by atoms with van der Waals surface area (Å²) in [6, 6.07) is 8.19. The van der Waals surface area contributed by atoms with Gasteiger partial charge in [0.15, 0.2) is 0 Å². The fraction of sp³-hybridized carbons (Fsp3) is 0.292. The Bertz CT molecular complexity index is 1220. The molecule has 4 N–H and O–H groups in total. The van der Waals surface area contributed by atoms with Crippen molar-refractivity contribution < 1.29 is 9.59 Å². The Hall–Kier alpha value is -3.59. The number of rotatable bonds is 11. The number of nitrogens with one attached hydrogen (secondary N) is 2. The molecule has 4 rings (SSSR count). The summed E-state index contributed by atoms with van der Waals surface area (Å²) in [7, 11) is 0. The number of nitrogens with zero attached hydrogens (tertiary/aromatic N) is 3. The zero-order chi connectivity index (χ0) is 23.0. The van der Waals surface area contributed by atoms with Gasteiger partial charge in [-0.3, -0.25) is 14.6 Å². The highest BCUT2D eigenvalue weighted by atomic mass is 32.1. The molecule has 3 aromatic heterocycles. The number of carbonyl (C=O) groups is 2. The maximum atomic E-state index is 12.4. The van der Waals surface area contributed by atoms with E-state index in [1.54, 1.807) is 17.1 Å². The van der Waals surface area contributed by atoms with E-state index in [4.69, 9.17) is 5.73 Å². The molecular formula is C24H26N6O2S. The monoisotopic (exact) mass is 462 g/mol. The number of amides is 2. The Balaban J connectivity index is 1.46. The van der Waals surface area contributed by atoms with Crippen LogP contribution in [0, 0.1) is 0 Å². The molecule has 33 heavy (non-hydrogen) atoms. The first kappa shape index (κ1) is 22.6. The summed E-state index contributed by atoms with van der Waals surface area (Å²) in [6.07, 6.45) is 9.24. The molecule has 0 aliphatic heterocycles. The molecule has 4 aromatic rings. The Kier molecular flexibility index (Phi) is 7.41. The van der Waals surface area contributed by atoms with E-state index in [-0.39, 0.29) is 17.7 Å². The molecule has 1 unspecified atom stereocenters. The molecule has 2 amide bonds. The number of aromatic amines is 1. The van der Waals surface area contributed by atoms with Crippen molar-refractivity contribution in [2.24, 2.45) is 5.73 Å². The van der Waals surface area contributed by atoms with E-state index >= 15 is 0 Å². The number of hydrogen-bond donors (Lipinski definition) is 3. The van der Waals surface area contributed by atoms with Gasteiger partial charge in [0, 0.05) is 47.6 Å². The maximum absolute atomic E-state index is 12.4. The topological polar surface area (TPSA) is 127 Å². The number of thiazole rings is 1. The molecule has 0 aliphatic rings. The predicted molar refractivity (Wildman–Crippen MR) is 129 cm³/mol. The highest BCUT2D eigenvalue weighted by molar-refractivity contribution is 7.07. The summed E-state index contributed by atoms with van der Waals surface area (Å²) in [5, 5.41) is 6.90. The third-order valence-electron chi connectivity index (χ3n) is 5.58. The molecule has 9 heteroatoms. The van der Waals surface area contributed by atoms with Crippen molar-refractivity contribution in [2.75, 3.05) is 6.54 Å². The lowest BCUT2D eigenvalue weighted by molar-refractivity contribution is -0.118. The van der Waals surface area contributed by atoms with Gasteiger partial charge in [0.1, 0.15) is 11.5 Å². The second-order valence-electron chi connectivity index (χ2n) is 7.97. The number of unbranched alkanes of at least 4 members (excludes halogenated alkanes) is 2. The average molecular weight is 463 g/mol. The minimum Gasteiger partial charge on any atom is -0.370 e. The number of nitrogens with two attached hydrogens (primary N) is 1. The number of H-pyrrole nitrogens is 1. The van der Waals surface area contributed by atoms with Crippen LogP contribution in [0.5, 0.6) is 0 Å². The number of benzene rings is 1. The zero-order valence-electron chi connectivity index (χ0n) is 18.2. The largest absolute Gasteiger partial charge is 0.370 e. The van der Waals surface area contributed by atoms with Crippen molar-refractivity contribution in [1.29, 1.82) is 0 Å². The van der Waals surface area contributed by atoms with Gasteiger partial charge < -0.3 is 16.0 Å². The van der Waals surface area contributed by atoms with Crippen LogP contribution < -0.4 is 11.1 Å². The number of primary amides is 1. The van der Waals surface area contributed by atoms with Gasteiger partial charge in [0.05, 0.1) is 17.4 Å². The minimum absolute atomic E-state index is 0.0111.